The Kier molecular flexibility index (Phi) is 6.33. The predicted molar refractivity (Wildman–Crippen MR) is 89.0 cm³/mol. The zero-order valence-electron chi connectivity index (χ0n) is 12.0. The van der Waals surface area contributed by atoms with Crippen molar-refractivity contribution in [3.05, 3.63) is 34.1 Å². The fourth-order valence-electron chi connectivity index (χ4n) is 2.67. The van der Waals surface area contributed by atoms with Gasteiger partial charge in [-0.2, -0.15) is 11.8 Å². The van der Waals surface area contributed by atoms with Crippen molar-refractivity contribution in [2.45, 2.75) is 25.4 Å². The van der Waals surface area contributed by atoms with Crippen LogP contribution in [0.15, 0.2) is 22.7 Å². The van der Waals surface area contributed by atoms with E-state index in [1.54, 1.807) is 12.1 Å². The van der Waals surface area contributed by atoms with Gasteiger partial charge in [0.15, 0.2) is 0 Å². The molecule has 1 heterocycles. The minimum Gasteiger partial charge on any atom is -0.312 e. The molecule has 0 radical (unpaired) electrons. The Hall–Kier alpha value is -0.100. The molecule has 0 saturated carbocycles. The van der Waals surface area contributed by atoms with Crippen LogP contribution in [0.25, 0.3) is 0 Å². The summed E-state index contributed by atoms with van der Waals surface area (Å²) in [4.78, 5) is 2.40. The number of thioether (sulfide) groups is 1. The number of halogens is 2. The van der Waals surface area contributed by atoms with E-state index in [4.69, 9.17) is 0 Å². The van der Waals surface area contributed by atoms with Crippen LogP contribution in [-0.2, 0) is 6.42 Å². The number of hydrogen-bond acceptors (Lipinski definition) is 3. The van der Waals surface area contributed by atoms with E-state index < -0.39 is 0 Å². The molecular weight excluding hydrogens is 339 g/mol. The van der Waals surface area contributed by atoms with E-state index in [-0.39, 0.29) is 5.82 Å². The molecule has 1 aromatic rings. The number of nitrogens with zero attached hydrogens (tertiary/aromatic N) is 1. The summed E-state index contributed by atoms with van der Waals surface area (Å²) in [5.41, 5.74) is 0.786. The lowest BCUT2D eigenvalue weighted by atomic mass is 9.98. The van der Waals surface area contributed by atoms with E-state index in [0.717, 1.165) is 35.3 Å². The van der Waals surface area contributed by atoms with Crippen molar-refractivity contribution in [1.82, 2.24) is 10.2 Å². The van der Waals surface area contributed by atoms with Gasteiger partial charge in [0.05, 0.1) is 0 Å². The van der Waals surface area contributed by atoms with Crippen LogP contribution >= 0.6 is 27.7 Å². The summed E-state index contributed by atoms with van der Waals surface area (Å²) < 4.78 is 14.9. The van der Waals surface area contributed by atoms with E-state index in [2.05, 4.69) is 40.1 Å². The fraction of sp³-hybridized carbons (Fsp3) is 0.600. The molecule has 1 aliphatic heterocycles. The van der Waals surface area contributed by atoms with Crippen LogP contribution in [-0.4, -0.2) is 48.6 Å². The molecule has 5 heteroatoms. The van der Waals surface area contributed by atoms with Crippen molar-refractivity contribution in [1.29, 1.82) is 0 Å². The topological polar surface area (TPSA) is 15.3 Å². The van der Waals surface area contributed by atoms with Crippen molar-refractivity contribution >= 4 is 27.7 Å². The van der Waals surface area contributed by atoms with Gasteiger partial charge in [-0.05, 0) is 43.8 Å². The van der Waals surface area contributed by atoms with Gasteiger partial charge in [0.25, 0.3) is 0 Å². The van der Waals surface area contributed by atoms with E-state index in [1.165, 1.54) is 5.75 Å². The van der Waals surface area contributed by atoms with Gasteiger partial charge < -0.3 is 10.2 Å². The summed E-state index contributed by atoms with van der Waals surface area (Å²) in [5.74, 6) is 2.20. The van der Waals surface area contributed by atoms with Crippen LogP contribution in [0.1, 0.15) is 12.5 Å². The number of rotatable bonds is 5. The maximum absolute atomic E-state index is 14.0. The molecule has 1 fully saturated rings. The SMILES string of the molecule is CCNC(Cc1cc(Br)ccc1F)C1CSCCN1C. The highest BCUT2D eigenvalue weighted by molar-refractivity contribution is 9.10. The van der Waals surface area contributed by atoms with Crippen LogP contribution in [0.3, 0.4) is 0 Å². The summed E-state index contributed by atoms with van der Waals surface area (Å²) in [6.45, 7) is 4.13. The first-order chi connectivity index (χ1) is 9.61. The molecule has 0 aromatic heterocycles. The third-order valence-electron chi connectivity index (χ3n) is 3.82. The number of hydrogen-bond donors (Lipinski definition) is 1. The Morgan fingerprint density at radius 3 is 3.05 bits per heavy atom. The zero-order valence-corrected chi connectivity index (χ0v) is 14.4. The lowest BCUT2D eigenvalue weighted by Gasteiger charge is -2.38. The van der Waals surface area contributed by atoms with E-state index in [1.807, 2.05) is 17.8 Å². The molecule has 0 amide bonds. The molecule has 1 aliphatic rings. The monoisotopic (exact) mass is 360 g/mol. The van der Waals surface area contributed by atoms with Gasteiger partial charge in [-0.1, -0.05) is 22.9 Å². The van der Waals surface area contributed by atoms with Crippen LogP contribution in [0.4, 0.5) is 4.39 Å². The molecule has 2 nitrogen and oxygen atoms in total. The summed E-state index contributed by atoms with van der Waals surface area (Å²) in [7, 11) is 2.17. The quantitative estimate of drug-likeness (QED) is 0.868. The minimum absolute atomic E-state index is 0.109. The summed E-state index contributed by atoms with van der Waals surface area (Å²) >= 11 is 5.43. The Balaban J connectivity index is 2.13. The summed E-state index contributed by atoms with van der Waals surface area (Å²) in [6.07, 6.45) is 0.731. The Morgan fingerprint density at radius 2 is 2.35 bits per heavy atom. The molecule has 2 unspecified atom stereocenters. The van der Waals surface area contributed by atoms with Crippen LogP contribution in [0.2, 0.25) is 0 Å². The number of nitrogens with one attached hydrogen (secondary N) is 1. The Morgan fingerprint density at radius 1 is 1.55 bits per heavy atom. The highest BCUT2D eigenvalue weighted by Gasteiger charge is 2.28. The van der Waals surface area contributed by atoms with Crippen LogP contribution < -0.4 is 5.32 Å². The van der Waals surface area contributed by atoms with Crippen molar-refractivity contribution < 1.29 is 4.39 Å². The first-order valence-corrected chi connectivity index (χ1v) is 9.02. The fourth-order valence-corrected chi connectivity index (χ4v) is 4.39. The average Bonchev–Trinajstić information content (AvgIpc) is 2.43. The predicted octanol–water partition coefficient (Wildman–Crippen LogP) is 3.16. The maximum Gasteiger partial charge on any atom is 0.126 e. The normalized spacial score (nSPS) is 21.9. The van der Waals surface area contributed by atoms with Gasteiger partial charge in [-0.15, -0.1) is 0 Å². The summed E-state index contributed by atoms with van der Waals surface area (Å²) in [6, 6.07) is 5.95. The standard InChI is InChI=1S/C15H22BrFN2S/c1-3-18-14(15-10-20-7-6-19(15)2)9-11-8-12(16)4-5-13(11)17/h4-5,8,14-15,18H,3,6-7,9-10H2,1-2H3. The van der Waals surface area contributed by atoms with Gasteiger partial charge in [-0.3, -0.25) is 0 Å². The first-order valence-electron chi connectivity index (χ1n) is 7.07. The van der Waals surface area contributed by atoms with E-state index in [0.29, 0.717) is 12.1 Å². The molecule has 0 spiro atoms. The molecule has 2 rings (SSSR count). The van der Waals surface area contributed by atoms with Crippen molar-refractivity contribution in [2.24, 2.45) is 0 Å². The second-order valence-corrected chi connectivity index (χ2v) is 7.29. The van der Waals surface area contributed by atoms with Crippen molar-refractivity contribution in [3.63, 3.8) is 0 Å². The summed E-state index contributed by atoms with van der Waals surface area (Å²) in [5, 5.41) is 3.54. The van der Waals surface area contributed by atoms with E-state index in [9.17, 15) is 4.39 Å². The number of benzene rings is 1. The molecule has 1 aromatic carbocycles. The Labute approximate surface area is 133 Å². The average molecular weight is 361 g/mol. The maximum atomic E-state index is 14.0. The first kappa shape index (κ1) is 16.3. The molecule has 112 valence electrons. The van der Waals surface area contributed by atoms with Gasteiger partial charge >= 0.3 is 0 Å². The van der Waals surface area contributed by atoms with Crippen LogP contribution in [0.5, 0.6) is 0 Å². The third kappa shape index (κ3) is 4.20. The molecule has 1 N–H and O–H groups in total. The zero-order chi connectivity index (χ0) is 14.5. The molecule has 0 aliphatic carbocycles. The van der Waals surface area contributed by atoms with Gasteiger partial charge in [0, 0.05) is 34.6 Å². The molecule has 0 bridgehead atoms. The molecular formula is C15H22BrFN2S. The second-order valence-electron chi connectivity index (χ2n) is 5.23. The lowest BCUT2D eigenvalue weighted by Crippen LogP contribution is -2.53. The van der Waals surface area contributed by atoms with Gasteiger partial charge in [0.1, 0.15) is 5.82 Å². The highest BCUT2D eigenvalue weighted by Crippen LogP contribution is 2.22. The Bertz CT molecular complexity index is 444. The number of likely N-dealkylation sites (N-methyl/N-ethyl adjacent to an activating group) is 2. The van der Waals surface area contributed by atoms with Gasteiger partial charge in [0.2, 0.25) is 0 Å². The molecule has 20 heavy (non-hydrogen) atoms. The van der Waals surface area contributed by atoms with Gasteiger partial charge in [-0.25, -0.2) is 4.39 Å². The second kappa shape index (κ2) is 7.78. The third-order valence-corrected chi connectivity index (χ3v) is 5.36. The van der Waals surface area contributed by atoms with Crippen molar-refractivity contribution in [3.8, 4) is 0 Å². The minimum atomic E-state index is -0.109. The smallest absolute Gasteiger partial charge is 0.126 e. The largest absolute Gasteiger partial charge is 0.312 e. The van der Waals surface area contributed by atoms with Crippen molar-refractivity contribution in [2.75, 3.05) is 31.6 Å². The molecule has 2 atom stereocenters. The van der Waals surface area contributed by atoms with E-state index >= 15 is 0 Å². The molecule has 1 saturated heterocycles. The lowest BCUT2D eigenvalue weighted by molar-refractivity contribution is 0.214. The van der Waals surface area contributed by atoms with Crippen LogP contribution in [0, 0.1) is 5.82 Å². The highest BCUT2D eigenvalue weighted by atomic mass is 79.9.